The average molecular weight is 284 g/mol. The zero-order valence-corrected chi connectivity index (χ0v) is 12.9. The number of ether oxygens (including phenoxy) is 1. The Bertz CT molecular complexity index is 351. The van der Waals surface area contributed by atoms with Crippen molar-refractivity contribution >= 4 is 6.09 Å². The molecule has 2 fully saturated rings. The van der Waals surface area contributed by atoms with Crippen molar-refractivity contribution < 1.29 is 14.6 Å². The van der Waals surface area contributed by atoms with Gasteiger partial charge in [-0.3, -0.25) is 0 Å². The van der Waals surface area contributed by atoms with E-state index in [9.17, 15) is 9.90 Å². The first-order chi connectivity index (χ1) is 9.17. The number of carbonyl (C=O) groups is 1. The second-order valence-corrected chi connectivity index (χ2v) is 7.55. The topological polar surface area (TPSA) is 75.8 Å². The van der Waals surface area contributed by atoms with Gasteiger partial charge in [-0.25, -0.2) is 4.79 Å². The van der Waals surface area contributed by atoms with E-state index in [1.807, 2.05) is 20.8 Å². The quantitative estimate of drug-likeness (QED) is 0.811. The highest BCUT2D eigenvalue weighted by atomic mass is 16.6. The lowest BCUT2D eigenvalue weighted by Crippen LogP contribution is -2.64. The van der Waals surface area contributed by atoms with E-state index >= 15 is 0 Å². The maximum absolute atomic E-state index is 11.8. The van der Waals surface area contributed by atoms with Crippen LogP contribution in [0.3, 0.4) is 0 Å². The van der Waals surface area contributed by atoms with Gasteiger partial charge in [-0.1, -0.05) is 0 Å². The van der Waals surface area contributed by atoms with Crippen LogP contribution in [0.25, 0.3) is 0 Å². The van der Waals surface area contributed by atoms with Crippen molar-refractivity contribution in [2.24, 2.45) is 11.7 Å². The van der Waals surface area contributed by atoms with Crippen LogP contribution in [0.2, 0.25) is 0 Å². The summed E-state index contributed by atoms with van der Waals surface area (Å²) in [5.41, 5.74) is 4.69. The molecule has 0 aromatic rings. The van der Waals surface area contributed by atoms with Gasteiger partial charge < -0.3 is 20.5 Å². The summed E-state index contributed by atoms with van der Waals surface area (Å²) in [6.07, 6.45) is 4.74. The number of hydrogen-bond donors (Lipinski definition) is 2. The smallest absolute Gasteiger partial charge is 0.410 e. The summed E-state index contributed by atoms with van der Waals surface area (Å²) < 4.78 is 5.30. The molecule has 0 aromatic heterocycles. The van der Waals surface area contributed by atoms with E-state index in [0.29, 0.717) is 25.0 Å². The minimum Gasteiger partial charge on any atom is -0.444 e. The highest BCUT2D eigenvalue weighted by Crippen LogP contribution is 2.35. The molecule has 5 heteroatoms. The highest BCUT2D eigenvalue weighted by molar-refractivity contribution is 5.69. The second kappa shape index (κ2) is 5.53. The van der Waals surface area contributed by atoms with Crippen LogP contribution in [-0.4, -0.2) is 46.4 Å². The molecule has 1 saturated carbocycles. The van der Waals surface area contributed by atoms with Crippen LogP contribution in [0.4, 0.5) is 4.79 Å². The Balaban J connectivity index is 1.75. The van der Waals surface area contributed by atoms with Crippen LogP contribution in [0.5, 0.6) is 0 Å². The number of hydrogen-bond acceptors (Lipinski definition) is 4. The van der Waals surface area contributed by atoms with Gasteiger partial charge >= 0.3 is 6.09 Å². The van der Waals surface area contributed by atoms with Crippen molar-refractivity contribution in [1.82, 2.24) is 4.90 Å². The summed E-state index contributed by atoms with van der Waals surface area (Å²) in [7, 11) is 0. The lowest BCUT2D eigenvalue weighted by Gasteiger charge is -2.48. The maximum Gasteiger partial charge on any atom is 0.410 e. The van der Waals surface area contributed by atoms with Crippen LogP contribution >= 0.6 is 0 Å². The molecule has 1 heterocycles. The summed E-state index contributed by atoms with van der Waals surface area (Å²) in [6, 6.07) is 0.334. The number of amides is 1. The summed E-state index contributed by atoms with van der Waals surface area (Å²) in [5.74, 6) is 0.542. The van der Waals surface area contributed by atoms with Crippen molar-refractivity contribution in [2.45, 2.75) is 70.1 Å². The molecule has 0 atom stereocenters. The first-order valence-corrected chi connectivity index (χ1v) is 7.63. The van der Waals surface area contributed by atoms with Gasteiger partial charge in [-0.2, -0.15) is 0 Å². The summed E-state index contributed by atoms with van der Waals surface area (Å²) in [5, 5.41) is 10.5. The van der Waals surface area contributed by atoms with Gasteiger partial charge in [0.05, 0.1) is 13.1 Å². The van der Waals surface area contributed by atoms with E-state index in [-0.39, 0.29) is 6.09 Å². The van der Waals surface area contributed by atoms with Gasteiger partial charge in [0.25, 0.3) is 0 Å². The largest absolute Gasteiger partial charge is 0.444 e. The third kappa shape index (κ3) is 4.09. The summed E-state index contributed by atoms with van der Waals surface area (Å²) >= 11 is 0. The molecule has 1 aliphatic carbocycles. The Morgan fingerprint density at radius 3 is 2.35 bits per heavy atom. The predicted octanol–water partition coefficient (Wildman–Crippen LogP) is 1.88. The van der Waals surface area contributed by atoms with Crippen LogP contribution in [0, 0.1) is 5.92 Å². The van der Waals surface area contributed by atoms with Crippen LogP contribution in [-0.2, 0) is 4.74 Å². The van der Waals surface area contributed by atoms with Gasteiger partial charge in [0.1, 0.15) is 11.2 Å². The van der Waals surface area contributed by atoms with Crippen molar-refractivity contribution in [1.29, 1.82) is 0 Å². The van der Waals surface area contributed by atoms with E-state index in [1.165, 1.54) is 0 Å². The standard InChI is InChI=1S/C15H28N2O3/c1-14(2,3)20-13(18)17-9-15(19,10-17)8-11-4-6-12(16)7-5-11/h11-12,19H,4-10,16H2,1-3H3. The van der Waals surface area contributed by atoms with E-state index in [0.717, 1.165) is 32.1 Å². The Hall–Kier alpha value is -0.810. The molecule has 1 aliphatic heterocycles. The maximum atomic E-state index is 11.8. The van der Waals surface area contributed by atoms with Crippen LogP contribution < -0.4 is 5.73 Å². The fourth-order valence-corrected chi connectivity index (χ4v) is 3.18. The monoisotopic (exact) mass is 284 g/mol. The number of rotatable bonds is 2. The third-order valence-electron chi connectivity index (χ3n) is 4.18. The van der Waals surface area contributed by atoms with Crippen molar-refractivity contribution in [2.75, 3.05) is 13.1 Å². The van der Waals surface area contributed by atoms with Crippen LogP contribution in [0.15, 0.2) is 0 Å². The SMILES string of the molecule is CC(C)(C)OC(=O)N1CC(O)(CC2CCC(N)CC2)C1. The fourth-order valence-electron chi connectivity index (χ4n) is 3.18. The first-order valence-electron chi connectivity index (χ1n) is 7.63. The van der Waals surface area contributed by atoms with Gasteiger partial charge in [0.2, 0.25) is 0 Å². The second-order valence-electron chi connectivity index (χ2n) is 7.55. The molecule has 116 valence electrons. The molecule has 2 rings (SSSR count). The average Bonchev–Trinajstić information content (AvgIpc) is 2.26. The molecule has 1 saturated heterocycles. The minimum absolute atomic E-state index is 0.326. The van der Waals surface area contributed by atoms with Gasteiger partial charge in [-0.05, 0) is 58.8 Å². The molecule has 1 amide bonds. The predicted molar refractivity (Wildman–Crippen MR) is 77.3 cm³/mol. The van der Waals surface area contributed by atoms with E-state index in [4.69, 9.17) is 10.5 Å². The summed E-state index contributed by atoms with van der Waals surface area (Å²) in [4.78, 5) is 13.4. The van der Waals surface area contributed by atoms with Crippen LogP contribution in [0.1, 0.15) is 52.9 Å². The molecule has 20 heavy (non-hydrogen) atoms. The number of likely N-dealkylation sites (tertiary alicyclic amines) is 1. The van der Waals surface area contributed by atoms with Crippen molar-refractivity contribution in [3.8, 4) is 0 Å². The number of aliphatic hydroxyl groups is 1. The molecular weight excluding hydrogens is 256 g/mol. The zero-order valence-electron chi connectivity index (χ0n) is 12.9. The highest BCUT2D eigenvalue weighted by Gasteiger charge is 2.46. The molecule has 3 N–H and O–H groups in total. The molecule has 0 bridgehead atoms. The Labute approximate surface area is 121 Å². The van der Waals surface area contributed by atoms with Gasteiger partial charge in [0, 0.05) is 6.04 Å². The first kappa shape index (κ1) is 15.6. The normalized spacial score (nSPS) is 29.8. The Morgan fingerprint density at radius 2 is 1.85 bits per heavy atom. The zero-order chi connectivity index (χ0) is 15.0. The van der Waals surface area contributed by atoms with Gasteiger partial charge in [-0.15, -0.1) is 0 Å². The van der Waals surface area contributed by atoms with Gasteiger partial charge in [0.15, 0.2) is 0 Å². The molecular formula is C15H28N2O3. The molecule has 2 aliphatic rings. The number of nitrogens with zero attached hydrogens (tertiary/aromatic N) is 1. The number of nitrogens with two attached hydrogens (primary N) is 1. The number of carbonyl (C=O) groups excluding carboxylic acids is 1. The van der Waals surface area contributed by atoms with Crippen molar-refractivity contribution in [3.63, 3.8) is 0 Å². The van der Waals surface area contributed by atoms with E-state index < -0.39 is 11.2 Å². The third-order valence-corrected chi connectivity index (χ3v) is 4.18. The number of β-amino-alcohol motifs (C(OH)–C–C–N with tert-alkyl or cyclic N) is 1. The molecule has 0 spiro atoms. The van der Waals surface area contributed by atoms with E-state index in [1.54, 1.807) is 4.90 Å². The minimum atomic E-state index is -0.719. The molecule has 0 unspecified atom stereocenters. The van der Waals surface area contributed by atoms with Crippen molar-refractivity contribution in [3.05, 3.63) is 0 Å². The Morgan fingerprint density at radius 1 is 1.30 bits per heavy atom. The lowest BCUT2D eigenvalue weighted by atomic mass is 9.77. The fraction of sp³-hybridized carbons (Fsp3) is 0.933. The molecule has 0 radical (unpaired) electrons. The molecule has 5 nitrogen and oxygen atoms in total. The summed E-state index contributed by atoms with van der Waals surface area (Å²) in [6.45, 7) is 6.33. The molecule has 0 aromatic carbocycles. The lowest BCUT2D eigenvalue weighted by molar-refractivity contribution is -0.112. The van der Waals surface area contributed by atoms with E-state index in [2.05, 4.69) is 0 Å². The Kier molecular flexibility index (Phi) is 4.30.